The van der Waals surface area contributed by atoms with Gasteiger partial charge in [0.1, 0.15) is 5.82 Å². The highest BCUT2D eigenvalue weighted by atomic mass is 16.5. The van der Waals surface area contributed by atoms with Crippen LogP contribution < -0.4 is 0 Å². The molecule has 0 bridgehead atoms. The molecule has 0 spiro atoms. The zero-order valence-electron chi connectivity index (χ0n) is 13.7. The van der Waals surface area contributed by atoms with E-state index in [9.17, 15) is 4.79 Å². The van der Waals surface area contributed by atoms with E-state index in [-0.39, 0.29) is 5.97 Å². The van der Waals surface area contributed by atoms with Gasteiger partial charge in [-0.3, -0.25) is 0 Å². The predicted octanol–water partition coefficient (Wildman–Crippen LogP) is 4.51. The first-order valence-electron chi connectivity index (χ1n) is 8.39. The number of aromatic nitrogens is 2. The Morgan fingerprint density at radius 3 is 2.48 bits per heavy atom. The zero-order chi connectivity index (χ0) is 17.1. The van der Waals surface area contributed by atoms with Crippen molar-refractivity contribution in [1.82, 2.24) is 9.97 Å². The van der Waals surface area contributed by atoms with Gasteiger partial charge in [-0.2, -0.15) is 0 Å². The summed E-state index contributed by atoms with van der Waals surface area (Å²) in [4.78, 5) is 19.9. The van der Waals surface area contributed by atoms with Gasteiger partial charge in [0.15, 0.2) is 0 Å². The molecule has 4 aromatic rings. The second-order valence-electron chi connectivity index (χ2n) is 6.01. The fourth-order valence-electron chi connectivity index (χ4n) is 2.93. The van der Waals surface area contributed by atoms with Gasteiger partial charge < -0.3 is 9.72 Å². The first kappa shape index (κ1) is 15.4. The van der Waals surface area contributed by atoms with Crippen molar-refractivity contribution >= 4 is 27.8 Å². The second-order valence-corrected chi connectivity index (χ2v) is 6.01. The summed E-state index contributed by atoms with van der Waals surface area (Å²) in [7, 11) is 0. The maximum Gasteiger partial charge on any atom is 0.338 e. The second kappa shape index (κ2) is 6.77. The molecule has 0 radical (unpaired) electrons. The topological polar surface area (TPSA) is 55.0 Å². The molecule has 0 amide bonds. The Labute approximate surface area is 145 Å². The summed E-state index contributed by atoms with van der Waals surface area (Å²) < 4.78 is 5.31. The van der Waals surface area contributed by atoms with Crippen LogP contribution in [0.3, 0.4) is 0 Å². The Morgan fingerprint density at radius 1 is 0.960 bits per heavy atom. The van der Waals surface area contributed by atoms with E-state index in [0.717, 1.165) is 29.7 Å². The van der Waals surface area contributed by atoms with E-state index in [1.165, 1.54) is 10.8 Å². The molecule has 4 heteroatoms. The number of nitrogens with one attached hydrogen (secondary N) is 1. The molecule has 0 unspecified atom stereocenters. The minimum absolute atomic E-state index is 0.281. The molecule has 0 saturated heterocycles. The lowest BCUT2D eigenvalue weighted by atomic mass is 10.1. The van der Waals surface area contributed by atoms with Crippen molar-refractivity contribution in [1.29, 1.82) is 0 Å². The van der Waals surface area contributed by atoms with E-state index >= 15 is 0 Å². The largest absolute Gasteiger partial charge is 0.462 e. The monoisotopic (exact) mass is 330 g/mol. The van der Waals surface area contributed by atoms with E-state index in [0.29, 0.717) is 12.2 Å². The molecule has 3 aromatic carbocycles. The number of carbonyl (C=O) groups excluding carboxylic acids is 1. The predicted molar refractivity (Wildman–Crippen MR) is 98.6 cm³/mol. The van der Waals surface area contributed by atoms with Crippen LogP contribution in [0.5, 0.6) is 0 Å². The summed E-state index contributed by atoms with van der Waals surface area (Å²) >= 11 is 0. The molecule has 0 fully saturated rings. The van der Waals surface area contributed by atoms with Crippen molar-refractivity contribution in [2.75, 3.05) is 6.61 Å². The van der Waals surface area contributed by atoms with Crippen LogP contribution in [0.4, 0.5) is 0 Å². The fourth-order valence-corrected chi connectivity index (χ4v) is 2.93. The lowest BCUT2D eigenvalue weighted by Gasteiger charge is -2.03. The number of esters is 1. The van der Waals surface area contributed by atoms with Gasteiger partial charge in [-0.15, -0.1) is 0 Å². The zero-order valence-corrected chi connectivity index (χ0v) is 13.7. The third kappa shape index (κ3) is 3.38. The van der Waals surface area contributed by atoms with E-state index in [2.05, 4.69) is 34.2 Å². The molecule has 4 nitrogen and oxygen atoms in total. The number of nitrogens with zero attached hydrogens (tertiary/aromatic N) is 1. The van der Waals surface area contributed by atoms with Crippen LogP contribution in [0, 0.1) is 0 Å². The molecule has 25 heavy (non-hydrogen) atoms. The maximum absolute atomic E-state index is 11.9. The Balaban J connectivity index is 1.38. The van der Waals surface area contributed by atoms with E-state index in [1.54, 1.807) is 12.1 Å². The summed E-state index contributed by atoms with van der Waals surface area (Å²) in [5, 5.41) is 2.38. The van der Waals surface area contributed by atoms with Crippen LogP contribution in [-0.4, -0.2) is 22.5 Å². The number of aromatic amines is 1. The average molecular weight is 330 g/mol. The Bertz CT molecular complexity index is 969. The summed E-state index contributed by atoms with van der Waals surface area (Å²) in [6.45, 7) is 0.382. The van der Waals surface area contributed by atoms with Gasteiger partial charge in [0.05, 0.1) is 23.2 Å². The van der Waals surface area contributed by atoms with Crippen molar-refractivity contribution in [2.45, 2.75) is 12.8 Å². The normalized spacial score (nSPS) is 11.0. The molecule has 0 aliphatic rings. The van der Waals surface area contributed by atoms with Crippen LogP contribution in [0.2, 0.25) is 0 Å². The third-order valence-electron chi connectivity index (χ3n) is 4.20. The summed E-state index contributed by atoms with van der Waals surface area (Å²) in [5.41, 5.74) is 2.59. The van der Waals surface area contributed by atoms with Crippen molar-refractivity contribution in [3.63, 3.8) is 0 Å². The van der Waals surface area contributed by atoms with Gasteiger partial charge in [0.2, 0.25) is 0 Å². The summed E-state index contributed by atoms with van der Waals surface area (Å²) in [6, 6.07) is 21.5. The number of ether oxygens (including phenoxy) is 1. The summed E-state index contributed by atoms with van der Waals surface area (Å²) in [6.07, 6.45) is 1.48. The van der Waals surface area contributed by atoms with Gasteiger partial charge >= 0.3 is 5.97 Å². The molecular formula is C21H18N2O2. The average Bonchev–Trinajstić information content (AvgIpc) is 3.05. The number of carbonyl (C=O) groups is 1. The molecule has 1 heterocycles. The van der Waals surface area contributed by atoms with Crippen molar-refractivity contribution < 1.29 is 9.53 Å². The minimum atomic E-state index is -0.281. The minimum Gasteiger partial charge on any atom is -0.462 e. The number of fused-ring (bicyclic) bond motifs is 2. The third-order valence-corrected chi connectivity index (χ3v) is 4.20. The molecule has 1 aromatic heterocycles. The lowest BCUT2D eigenvalue weighted by molar-refractivity contribution is 0.0500. The highest BCUT2D eigenvalue weighted by molar-refractivity contribution is 5.95. The summed E-state index contributed by atoms with van der Waals surface area (Å²) in [5.74, 6) is 0.637. The van der Waals surface area contributed by atoms with E-state index in [4.69, 9.17) is 4.74 Å². The molecule has 124 valence electrons. The van der Waals surface area contributed by atoms with Gasteiger partial charge in [-0.05, 0) is 41.5 Å². The van der Waals surface area contributed by atoms with Crippen LogP contribution >= 0.6 is 0 Å². The van der Waals surface area contributed by atoms with Crippen LogP contribution in [0.25, 0.3) is 21.8 Å². The Kier molecular flexibility index (Phi) is 4.17. The lowest BCUT2D eigenvalue weighted by Crippen LogP contribution is -2.07. The van der Waals surface area contributed by atoms with Gasteiger partial charge in [-0.1, -0.05) is 42.5 Å². The number of hydrogen-bond acceptors (Lipinski definition) is 3. The van der Waals surface area contributed by atoms with Gasteiger partial charge in [0.25, 0.3) is 0 Å². The molecule has 0 saturated carbocycles. The van der Waals surface area contributed by atoms with Gasteiger partial charge in [0, 0.05) is 6.42 Å². The molecular weight excluding hydrogens is 312 g/mol. The van der Waals surface area contributed by atoms with Crippen molar-refractivity contribution in [3.05, 3.63) is 78.1 Å². The molecule has 0 aliphatic heterocycles. The quantitative estimate of drug-likeness (QED) is 0.433. The van der Waals surface area contributed by atoms with Crippen LogP contribution in [0.15, 0.2) is 66.7 Å². The first-order chi connectivity index (χ1) is 12.3. The first-order valence-corrected chi connectivity index (χ1v) is 8.39. The van der Waals surface area contributed by atoms with E-state index in [1.807, 2.05) is 30.3 Å². The molecule has 4 rings (SSSR count). The van der Waals surface area contributed by atoms with Crippen molar-refractivity contribution in [3.8, 4) is 0 Å². The standard InChI is InChI=1S/C21H18N2O2/c24-21(15-7-2-1-3-8-15)25-12-6-11-20-22-18-13-16-9-4-5-10-17(16)14-19(18)23-20/h1-5,7-10,13-14H,6,11-12H2,(H,22,23). The number of H-pyrrole nitrogens is 1. The van der Waals surface area contributed by atoms with E-state index < -0.39 is 0 Å². The molecule has 0 aliphatic carbocycles. The molecule has 1 N–H and O–H groups in total. The van der Waals surface area contributed by atoms with Crippen LogP contribution in [-0.2, 0) is 11.2 Å². The SMILES string of the molecule is O=C(OCCCc1nc2cc3ccccc3cc2[nH]1)c1ccccc1. The number of hydrogen-bond donors (Lipinski definition) is 1. The number of imidazole rings is 1. The number of aryl methyl sites for hydroxylation is 1. The van der Waals surface area contributed by atoms with Gasteiger partial charge in [-0.25, -0.2) is 9.78 Å². The maximum atomic E-state index is 11.9. The smallest absolute Gasteiger partial charge is 0.338 e. The highest BCUT2D eigenvalue weighted by Gasteiger charge is 2.07. The van der Waals surface area contributed by atoms with Crippen LogP contribution in [0.1, 0.15) is 22.6 Å². The number of benzene rings is 3. The Morgan fingerprint density at radius 2 is 1.68 bits per heavy atom. The Hall–Kier alpha value is -3.14. The fraction of sp³-hybridized carbons (Fsp3) is 0.143. The highest BCUT2D eigenvalue weighted by Crippen LogP contribution is 2.21. The van der Waals surface area contributed by atoms with Crippen molar-refractivity contribution in [2.24, 2.45) is 0 Å². The number of rotatable bonds is 5. The molecule has 0 atom stereocenters.